The van der Waals surface area contributed by atoms with Gasteiger partial charge in [-0.05, 0) is 109 Å². The van der Waals surface area contributed by atoms with E-state index in [2.05, 4.69) is 130 Å². The molecule has 0 N–H and O–H groups in total. The normalized spacial score (nSPS) is 12.9. The number of hydrogen-bond donors (Lipinski definition) is 0. The number of rotatable bonds is 55. The summed E-state index contributed by atoms with van der Waals surface area (Å²) in [4.78, 5) is 37.9. The van der Waals surface area contributed by atoms with E-state index in [4.69, 9.17) is 14.2 Å². The Morgan fingerprint density at radius 2 is 0.527 bits per heavy atom. The molecule has 1 unspecified atom stereocenters. The van der Waals surface area contributed by atoms with Gasteiger partial charge >= 0.3 is 17.9 Å². The Bertz CT molecular complexity index is 1510. The first-order valence-electron chi connectivity index (χ1n) is 30.9. The molecule has 0 spiro atoms. The summed E-state index contributed by atoms with van der Waals surface area (Å²) in [6.07, 6.45) is 84.0. The third kappa shape index (κ3) is 59.0. The summed E-state index contributed by atoms with van der Waals surface area (Å²) in [7, 11) is 0. The third-order valence-electron chi connectivity index (χ3n) is 13.0. The molecular formula is C68H114O6. The number of allylic oxidation sites excluding steroid dienone is 18. The highest BCUT2D eigenvalue weighted by atomic mass is 16.6. The van der Waals surface area contributed by atoms with Crippen LogP contribution in [-0.2, 0) is 28.6 Å². The second kappa shape index (κ2) is 61.6. The van der Waals surface area contributed by atoms with Gasteiger partial charge in [-0.3, -0.25) is 14.4 Å². The first kappa shape index (κ1) is 70.1. The highest BCUT2D eigenvalue weighted by Gasteiger charge is 2.19. The van der Waals surface area contributed by atoms with Crippen LogP contribution in [0.1, 0.15) is 284 Å². The monoisotopic (exact) mass is 1030 g/mol. The molecule has 0 aliphatic heterocycles. The fourth-order valence-corrected chi connectivity index (χ4v) is 8.39. The average Bonchev–Trinajstić information content (AvgIpc) is 3.40. The van der Waals surface area contributed by atoms with Gasteiger partial charge in [0, 0.05) is 19.3 Å². The highest BCUT2D eigenvalue weighted by Crippen LogP contribution is 2.15. The lowest BCUT2D eigenvalue weighted by Gasteiger charge is -2.18. The van der Waals surface area contributed by atoms with Crippen molar-refractivity contribution in [1.82, 2.24) is 0 Å². The fourth-order valence-electron chi connectivity index (χ4n) is 8.39. The van der Waals surface area contributed by atoms with E-state index in [9.17, 15) is 14.4 Å². The summed E-state index contributed by atoms with van der Waals surface area (Å²) in [6.45, 7) is 6.47. The molecule has 6 heteroatoms. The van der Waals surface area contributed by atoms with Gasteiger partial charge in [0.15, 0.2) is 6.10 Å². The maximum atomic E-state index is 12.8. The van der Waals surface area contributed by atoms with Gasteiger partial charge in [0.1, 0.15) is 13.2 Å². The van der Waals surface area contributed by atoms with Crippen LogP contribution < -0.4 is 0 Å². The van der Waals surface area contributed by atoms with E-state index in [0.29, 0.717) is 19.3 Å². The summed E-state index contributed by atoms with van der Waals surface area (Å²) in [5, 5.41) is 0. The number of carbonyl (C=O) groups is 3. The standard InChI is InChI=1S/C68H114O6/c1-4-7-10-13-16-18-20-22-24-25-26-27-28-29-30-31-32-33-34-35-36-37-38-39-40-41-42-43-44-46-47-49-52-55-58-61-67(70)73-64-65(63-72-66(69)60-57-54-51-15-12-9-6-3)74-68(71)62-59-56-53-50-48-45-23-21-19-17-14-11-8-5-2/h7,10,16,18,21-24,26-27,29-30,32-33,35-36,38-39,65H,4-6,8-9,11-15,17,19-20,25,28,31,34,37,40-64H2,1-3H3/b10-7-,18-16-,23-21-,24-22-,27-26-,30-29-,33-32-,36-35-,39-38-. The van der Waals surface area contributed by atoms with E-state index in [1.165, 1.54) is 122 Å². The molecule has 6 nitrogen and oxygen atoms in total. The van der Waals surface area contributed by atoms with Crippen LogP contribution in [0.3, 0.4) is 0 Å². The Hall–Kier alpha value is -3.93. The molecule has 0 radical (unpaired) electrons. The minimum absolute atomic E-state index is 0.0806. The van der Waals surface area contributed by atoms with Crippen molar-refractivity contribution in [3.05, 3.63) is 109 Å². The molecule has 0 bridgehead atoms. The number of ether oxygens (including phenoxy) is 3. The van der Waals surface area contributed by atoms with Gasteiger partial charge in [0.2, 0.25) is 0 Å². The van der Waals surface area contributed by atoms with Crippen molar-refractivity contribution in [1.29, 1.82) is 0 Å². The lowest BCUT2D eigenvalue weighted by Crippen LogP contribution is -2.30. The molecule has 422 valence electrons. The fraction of sp³-hybridized carbons (Fsp3) is 0.691. The Balaban J connectivity index is 4.08. The summed E-state index contributed by atoms with van der Waals surface area (Å²) in [5.41, 5.74) is 0. The van der Waals surface area contributed by atoms with Gasteiger partial charge in [0.25, 0.3) is 0 Å². The second-order valence-corrected chi connectivity index (χ2v) is 20.2. The van der Waals surface area contributed by atoms with Crippen molar-refractivity contribution in [3.8, 4) is 0 Å². The summed E-state index contributed by atoms with van der Waals surface area (Å²) < 4.78 is 16.8. The molecule has 0 saturated carbocycles. The zero-order chi connectivity index (χ0) is 53.6. The lowest BCUT2D eigenvalue weighted by atomic mass is 10.1. The lowest BCUT2D eigenvalue weighted by molar-refractivity contribution is -0.167. The molecule has 0 rings (SSSR count). The predicted molar refractivity (Wildman–Crippen MR) is 320 cm³/mol. The molecule has 0 aromatic rings. The topological polar surface area (TPSA) is 78.9 Å². The van der Waals surface area contributed by atoms with E-state index in [0.717, 1.165) is 122 Å². The van der Waals surface area contributed by atoms with E-state index >= 15 is 0 Å². The van der Waals surface area contributed by atoms with Crippen LogP contribution in [-0.4, -0.2) is 37.2 Å². The number of esters is 3. The highest BCUT2D eigenvalue weighted by molar-refractivity contribution is 5.71. The van der Waals surface area contributed by atoms with E-state index < -0.39 is 6.10 Å². The van der Waals surface area contributed by atoms with Crippen LogP contribution >= 0.6 is 0 Å². The van der Waals surface area contributed by atoms with Crippen LogP contribution in [0.5, 0.6) is 0 Å². The zero-order valence-corrected chi connectivity index (χ0v) is 48.3. The average molecular weight is 1030 g/mol. The summed E-state index contributed by atoms with van der Waals surface area (Å²) in [5.74, 6) is -0.898. The van der Waals surface area contributed by atoms with Gasteiger partial charge in [-0.15, -0.1) is 0 Å². The van der Waals surface area contributed by atoms with E-state index in [1.807, 2.05) is 0 Å². The van der Waals surface area contributed by atoms with Crippen LogP contribution in [0.2, 0.25) is 0 Å². The first-order valence-corrected chi connectivity index (χ1v) is 30.9. The minimum atomic E-state index is -0.780. The minimum Gasteiger partial charge on any atom is -0.462 e. The number of carbonyl (C=O) groups excluding carboxylic acids is 3. The predicted octanol–water partition coefficient (Wildman–Crippen LogP) is 21.0. The van der Waals surface area contributed by atoms with Gasteiger partial charge in [0.05, 0.1) is 0 Å². The molecule has 1 atom stereocenters. The van der Waals surface area contributed by atoms with Crippen molar-refractivity contribution in [2.75, 3.05) is 13.2 Å². The Morgan fingerprint density at radius 1 is 0.284 bits per heavy atom. The smallest absolute Gasteiger partial charge is 0.306 e. The largest absolute Gasteiger partial charge is 0.462 e. The number of unbranched alkanes of at least 4 members (excludes halogenated alkanes) is 26. The van der Waals surface area contributed by atoms with Crippen molar-refractivity contribution in [3.63, 3.8) is 0 Å². The molecule has 0 saturated heterocycles. The second-order valence-electron chi connectivity index (χ2n) is 20.2. The maximum absolute atomic E-state index is 12.8. The molecule has 0 aromatic carbocycles. The van der Waals surface area contributed by atoms with Crippen molar-refractivity contribution >= 4 is 17.9 Å². The molecule has 0 aromatic heterocycles. The SMILES string of the molecule is CC/C=C\C/C=C\C/C=C\C/C=C\C/C=C\C/C=C\C/C=C\C/C=C\CCCCCCCCCCCCC(=O)OCC(COC(=O)CCCCCCCCC)OC(=O)CCCCCCC/C=C\CCCCCCC. The Kier molecular flexibility index (Phi) is 58.3. The zero-order valence-electron chi connectivity index (χ0n) is 48.3. The van der Waals surface area contributed by atoms with Crippen LogP contribution in [0.25, 0.3) is 0 Å². The summed E-state index contributed by atoms with van der Waals surface area (Å²) >= 11 is 0. The first-order chi connectivity index (χ1) is 36.5. The van der Waals surface area contributed by atoms with E-state index in [1.54, 1.807) is 0 Å². The molecule has 74 heavy (non-hydrogen) atoms. The van der Waals surface area contributed by atoms with Crippen molar-refractivity contribution in [2.45, 2.75) is 290 Å². The van der Waals surface area contributed by atoms with Crippen LogP contribution in [0.4, 0.5) is 0 Å². The Labute approximate surface area is 457 Å². The molecule has 0 aliphatic rings. The molecule has 0 aliphatic carbocycles. The maximum Gasteiger partial charge on any atom is 0.306 e. The van der Waals surface area contributed by atoms with Crippen molar-refractivity contribution < 1.29 is 28.6 Å². The molecule has 0 heterocycles. The Morgan fingerprint density at radius 3 is 0.838 bits per heavy atom. The van der Waals surface area contributed by atoms with Crippen LogP contribution in [0, 0.1) is 0 Å². The van der Waals surface area contributed by atoms with Crippen molar-refractivity contribution in [2.24, 2.45) is 0 Å². The van der Waals surface area contributed by atoms with Gasteiger partial charge in [-0.2, -0.15) is 0 Å². The molecule has 0 fully saturated rings. The quantitative estimate of drug-likeness (QED) is 0.0261. The van der Waals surface area contributed by atoms with Crippen LogP contribution in [0.15, 0.2) is 109 Å². The number of hydrogen-bond acceptors (Lipinski definition) is 6. The van der Waals surface area contributed by atoms with E-state index in [-0.39, 0.29) is 31.1 Å². The molecular weight excluding hydrogens is 913 g/mol. The third-order valence-corrected chi connectivity index (χ3v) is 13.0. The molecule has 0 amide bonds. The van der Waals surface area contributed by atoms with Gasteiger partial charge in [-0.25, -0.2) is 0 Å². The summed E-state index contributed by atoms with van der Waals surface area (Å²) in [6, 6.07) is 0. The van der Waals surface area contributed by atoms with Gasteiger partial charge in [-0.1, -0.05) is 265 Å². The van der Waals surface area contributed by atoms with Gasteiger partial charge < -0.3 is 14.2 Å².